The molecule has 0 spiro atoms. The highest BCUT2D eigenvalue weighted by Gasteiger charge is 2.16. The minimum Gasteiger partial charge on any atom is -0.356 e. The number of hydrogen-bond donors (Lipinski definition) is 2. The molecule has 0 saturated heterocycles. The predicted molar refractivity (Wildman–Crippen MR) is 134 cm³/mol. The molecule has 0 fully saturated rings. The molecule has 0 aliphatic heterocycles. The third-order valence-electron chi connectivity index (χ3n) is 5.73. The van der Waals surface area contributed by atoms with Crippen LogP contribution < -0.4 is 10.9 Å². The van der Waals surface area contributed by atoms with E-state index in [-0.39, 0.29) is 11.6 Å². The Morgan fingerprint density at radius 3 is 2.48 bits per heavy atom. The summed E-state index contributed by atoms with van der Waals surface area (Å²) in [6, 6.07) is 16.5. The maximum atomic E-state index is 12.9. The van der Waals surface area contributed by atoms with Gasteiger partial charge < -0.3 is 20.1 Å². The topological polar surface area (TPSA) is 51.4 Å². The number of hydrogen-bond acceptors (Lipinski definition) is 3. The summed E-state index contributed by atoms with van der Waals surface area (Å²) in [7, 11) is 4.07. The van der Waals surface area contributed by atoms with Crippen LogP contribution in [-0.4, -0.2) is 47.1 Å². The number of thiocarbonyl (C=S) groups is 1. The third-order valence-corrected chi connectivity index (χ3v) is 6.11. The average Bonchev–Trinajstić information content (AvgIpc) is 2.75. The Morgan fingerprint density at radius 2 is 1.81 bits per heavy atom. The van der Waals surface area contributed by atoms with E-state index in [2.05, 4.69) is 58.2 Å². The van der Waals surface area contributed by atoms with Gasteiger partial charge >= 0.3 is 0 Å². The number of pyridine rings is 1. The van der Waals surface area contributed by atoms with Crippen molar-refractivity contribution in [3.63, 3.8) is 0 Å². The zero-order valence-electron chi connectivity index (χ0n) is 19.0. The fourth-order valence-electron chi connectivity index (χ4n) is 3.57. The SMILES string of the molecule is Cc1ccc2cc(CN(CCN(C)C)C(=S)N[C@H](C)c3ccccc3)c(=O)[nH]c2c1C. The lowest BCUT2D eigenvalue weighted by Crippen LogP contribution is -2.44. The molecule has 0 aliphatic carbocycles. The molecule has 1 aromatic heterocycles. The number of aryl methyl sites for hydroxylation is 2. The Labute approximate surface area is 190 Å². The molecule has 0 amide bonds. The number of H-pyrrole nitrogens is 1. The molecule has 0 bridgehead atoms. The van der Waals surface area contributed by atoms with Crippen LogP contribution in [0.25, 0.3) is 10.9 Å². The predicted octanol–water partition coefficient (Wildman–Crippen LogP) is 4.14. The van der Waals surface area contributed by atoms with Crippen molar-refractivity contribution >= 4 is 28.2 Å². The first-order valence-corrected chi connectivity index (χ1v) is 11.0. The van der Waals surface area contributed by atoms with Gasteiger partial charge in [-0.05, 0) is 75.2 Å². The van der Waals surface area contributed by atoms with Gasteiger partial charge in [-0.15, -0.1) is 0 Å². The van der Waals surface area contributed by atoms with E-state index < -0.39 is 0 Å². The highest BCUT2D eigenvalue weighted by atomic mass is 32.1. The summed E-state index contributed by atoms with van der Waals surface area (Å²) in [5.41, 5.74) is 5.02. The third kappa shape index (κ3) is 5.71. The van der Waals surface area contributed by atoms with E-state index in [0.717, 1.165) is 29.6 Å². The lowest BCUT2D eigenvalue weighted by Gasteiger charge is -2.29. The van der Waals surface area contributed by atoms with Crippen LogP contribution in [0, 0.1) is 13.8 Å². The van der Waals surface area contributed by atoms with E-state index in [0.29, 0.717) is 17.2 Å². The van der Waals surface area contributed by atoms with Gasteiger partial charge in [0.2, 0.25) is 0 Å². The molecule has 1 atom stereocenters. The zero-order chi connectivity index (χ0) is 22.5. The summed E-state index contributed by atoms with van der Waals surface area (Å²) >= 11 is 5.76. The molecule has 164 valence electrons. The van der Waals surface area contributed by atoms with E-state index in [9.17, 15) is 4.79 Å². The smallest absolute Gasteiger partial charge is 0.253 e. The normalized spacial score (nSPS) is 12.2. The maximum Gasteiger partial charge on any atom is 0.253 e. The Bertz CT molecular complexity index is 1110. The molecular formula is C25H32N4OS. The Kier molecular flexibility index (Phi) is 7.46. The number of aromatic nitrogens is 1. The number of rotatable bonds is 7. The van der Waals surface area contributed by atoms with E-state index >= 15 is 0 Å². The van der Waals surface area contributed by atoms with Gasteiger partial charge in [-0.1, -0.05) is 42.5 Å². The van der Waals surface area contributed by atoms with Gasteiger partial charge in [-0.25, -0.2) is 0 Å². The van der Waals surface area contributed by atoms with Gasteiger partial charge in [0.25, 0.3) is 5.56 Å². The summed E-state index contributed by atoms with van der Waals surface area (Å²) in [4.78, 5) is 20.2. The molecular weight excluding hydrogens is 404 g/mol. The van der Waals surface area contributed by atoms with Crippen LogP contribution in [0.1, 0.15) is 35.2 Å². The van der Waals surface area contributed by atoms with Gasteiger partial charge in [-0.2, -0.15) is 0 Å². The second-order valence-corrected chi connectivity index (χ2v) is 8.79. The van der Waals surface area contributed by atoms with Crippen LogP contribution in [0.3, 0.4) is 0 Å². The van der Waals surface area contributed by atoms with Crippen molar-refractivity contribution in [1.29, 1.82) is 0 Å². The van der Waals surface area contributed by atoms with Crippen molar-refractivity contribution in [3.05, 3.63) is 81.1 Å². The average molecular weight is 437 g/mol. The first kappa shape index (κ1) is 23.0. The lowest BCUT2D eigenvalue weighted by molar-refractivity contribution is 0.320. The summed E-state index contributed by atoms with van der Waals surface area (Å²) in [6.07, 6.45) is 0. The number of likely N-dealkylation sites (N-methyl/N-ethyl adjacent to an activating group) is 1. The molecule has 0 aliphatic rings. The maximum absolute atomic E-state index is 12.9. The molecule has 1 heterocycles. The summed E-state index contributed by atoms with van der Waals surface area (Å²) < 4.78 is 0. The fourth-order valence-corrected chi connectivity index (χ4v) is 3.90. The second kappa shape index (κ2) is 10.1. The minimum atomic E-state index is -0.0602. The van der Waals surface area contributed by atoms with Crippen LogP contribution in [0.15, 0.2) is 53.3 Å². The molecule has 3 rings (SSSR count). The molecule has 6 heteroatoms. The number of nitrogens with zero attached hydrogens (tertiary/aromatic N) is 2. The van der Waals surface area contributed by atoms with Gasteiger partial charge in [0, 0.05) is 18.7 Å². The molecule has 2 N–H and O–H groups in total. The Hall–Kier alpha value is -2.70. The highest BCUT2D eigenvalue weighted by molar-refractivity contribution is 7.80. The minimum absolute atomic E-state index is 0.0602. The van der Waals surface area contributed by atoms with Crippen LogP contribution in [0.2, 0.25) is 0 Å². The number of fused-ring (bicyclic) bond motifs is 1. The standard InChI is InChI=1S/C25H32N4OS/c1-17-11-12-21-15-22(24(30)27-23(21)18(17)2)16-29(14-13-28(4)5)25(31)26-19(3)20-9-7-6-8-10-20/h6-12,15,19H,13-14,16H2,1-5H3,(H,26,31)(H,27,30)/t19-/m1/s1. The number of benzene rings is 2. The van der Waals surface area contributed by atoms with Gasteiger partial charge in [0.15, 0.2) is 5.11 Å². The van der Waals surface area contributed by atoms with Crippen molar-refractivity contribution in [3.8, 4) is 0 Å². The first-order valence-electron chi connectivity index (χ1n) is 10.6. The highest BCUT2D eigenvalue weighted by Crippen LogP contribution is 2.19. The Balaban J connectivity index is 1.85. The quantitative estimate of drug-likeness (QED) is 0.545. The summed E-state index contributed by atoms with van der Waals surface area (Å²) in [6.45, 7) is 8.22. The van der Waals surface area contributed by atoms with Crippen LogP contribution in [0.5, 0.6) is 0 Å². The molecule has 5 nitrogen and oxygen atoms in total. The van der Waals surface area contributed by atoms with Crippen molar-refractivity contribution in [2.24, 2.45) is 0 Å². The van der Waals surface area contributed by atoms with E-state index in [1.165, 1.54) is 11.1 Å². The van der Waals surface area contributed by atoms with E-state index in [4.69, 9.17) is 12.2 Å². The molecule has 0 unspecified atom stereocenters. The largest absolute Gasteiger partial charge is 0.356 e. The molecule has 2 aromatic carbocycles. The molecule has 3 aromatic rings. The van der Waals surface area contributed by atoms with Crippen molar-refractivity contribution in [1.82, 2.24) is 20.1 Å². The number of nitrogens with one attached hydrogen (secondary N) is 2. The van der Waals surface area contributed by atoms with Crippen molar-refractivity contribution in [2.45, 2.75) is 33.4 Å². The van der Waals surface area contributed by atoms with Gasteiger partial charge in [0.05, 0.1) is 18.1 Å². The molecule has 31 heavy (non-hydrogen) atoms. The fraction of sp³-hybridized carbons (Fsp3) is 0.360. The van der Waals surface area contributed by atoms with E-state index in [1.54, 1.807) is 0 Å². The van der Waals surface area contributed by atoms with Gasteiger partial charge in [0.1, 0.15) is 0 Å². The van der Waals surface area contributed by atoms with Crippen LogP contribution >= 0.6 is 12.2 Å². The van der Waals surface area contributed by atoms with Crippen LogP contribution in [-0.2, 0) is 6.54 Å². The monoisotopic (exact) mass is 436 g/mol. The first-order chi connectivity index (χ1) is 14.8. The van der Waals surface area contributed by atoms with Crippen molar-refractivity contribution in [2.75, 3.05) is 27.2 Å². The van der Waals surface area contributed by atoms with E-state index in [1.807, 2.05) is 45.3 Å². The van der Waals surface area contributed by atoms with Gasteiger partial charge in [-0.3, -0.25) is 4.79 Å². The van der Waals surface area contributed by atoms with Crippen LogP contribution in [0.4, 0.5) is 0 Å². The number of aromatic amines is 1. The Morgan fingerprint density at radius 1 is 1.10 bits per heavy atom. The second-order valence-electron chi connectivity index (χ2n) is 8.40. The summed E-state index contributed by atoms with van der Waals surface area (Å²) in [5.74, 6) is 0. The van der Waals surface area contributed by atoms with Crippen molar-refractivity contribution < 1.29 is 0 Å². The molecule has 0 radical (unpaired) electrons. The zero-order valence-corrected chi connectivity index (χ0v) is 19.8. The molecule has 0 saturated carbocycles. The lowest BCUT2D eigenvalue weighted by atomic mass is 10.0. The summed E-state index contributed by atoms with van der Waals surface area (Å²) in [5, 5.41) is 5.13.